The van der Waals surface area contributed by atoms with Crippen LogP contribution in [0.3, 0.4) is 0 Å². The molecule has 1 aromatic carbocycles. The largest absolute Gasteiger partial charge is 0.393 e. The molecule has 1 aromatic heterocycles. The monoisotopic (exact) mass is 325 g/mol. The highest BCUT2D eigenvalue weighted by Gasteiger charge is 2.30. The van der Waals surface area contributed by atoms with Crippen molar-refractivity contribution < 1.29 is 5.11 Å². The molecule has 24 heavy (non-hydrogen) atoms. The number of hydrogen-bond acceptors (Lipinski definition) is 6. The first-order valence-electron chi connectivity index (χ1n) is 8.58. The van der Waals surface area contributed by atoms with Crippen LogP contribution in [0.25, 0.3) is 0 Å². The Balaban J connectivity index is 1.36. The van der Waals surface area contributed by atoms with Crippen LogP contribution >= 0.6 is 0 Å². The lowest BCUT2D eigenvalue weighted by Crippen LogP contribution is -2.28. The number of fused-ring (bicyclic) bond motifs is 1. The number of nitrogens with two attached hydrogens (primary N) is 1. The molecular formula is C18H23N5O. The van der Waals surface area contributed by atoms with E-state index >= 15 is 0 Å². The number of aliphatic hydroxyl groups excluding tert-OH is 1. The molecule has 0 saturated heterocycles. The van der Waals surface area contributed by atoms with Crippen molar-refractivity contribution >= 4 is 17.5 Å². The maximum absolute atomic E-state index is 9.47. The van der Waals surface area contributed by atoms with Crippen LogP contribution in [-0.4, -0.2) is 40.8 Å². The molecule has 1 fully saturated rings. The van der Waals surface area contributed by atoms with Crippen LogP contribution in [0, 0.1) is 0 Å². The summed E-state index contributed by atoms with van der Waals surface area (Å²) >= 11 is 0. The standard InChI is InChI=1S/C18H23N5O/c19-18-21-15(13-9-14(24)10-13)11-17(22-18)20-6-8-23-7-5-12-3-1-2-4-16(12)23/h1-4,11,13-14,24H,5-10H2,(H3,19,20,21,22). The van der Waals surface area contributed by atoms with Crippen LogP contribution in [0.1, 0.15) is 30.0 Å². The molecule has 1 saturated carbocycles. The van der Waals surface area contributed by atoms with E-state index in [1.807, 2.05) is 6.07 Å². The first-order valence-corrected chi connectivity index (χ1v) is 8.58. The summed E-state index contributed by atoms with van der Waals surface area (Å²) in [5.74, 6) is 1.37. The van der Waals surface area contributed by atoms with Gasteiger partial charge in [-0.3, -0.25) is 0 Å². The lowest BCUT2D eigenvalue weighted by Gasteiger charge is -2.31. The fourth-order valence-electron chi connectivity index (χ4n) is 3.57. The van der Waals surface area contributed by atoms with Crippen LogP contribution in [-0.2, 0) is 6.42 Å². The smallest absolute Gasteiger partial charge is 0.222 e. The van der Waals surface area contributed by atoms with Gasteiger partial charge in [-0.05, 0) is 30.9 Å². The third-order valence-corrected chi connectivity index (χ3v) is 4.97. The lowest BCUT2D eigenvalue weighted by molar-refractivity contribution is 0.0732. The van der Waals surface area contributed by atoms with Crippen LogP contribution < -0.4 is 16.0 Å². The second-order valence-corrected chi connectivity index (χ2v) is 6.65. The fraction of sp³-hybridized carbons (Fsp3) is 0.444. The number of nitrogens with one attached hydrogen (secondary N) is 1. The van der Waals surface area contributed by atoms with Crippen molar-refractivity contribution in [3.63, 3.8) is 0 Å². The molecule has 0 radical (unpaired) electrons. The average Bonchev–Trinajstić information content (AvgIpc) is 2.95. The minimum absolute atomic E-state index is 0.196. The van der Waals surface area contributed by atoms with E-state index in [4.69, 9.17) is 5.73 Å². The molecule has 6 nitrogen and oxygen atoms in total. The number of hydrogen-bond donors (Lipinski definition) is 3. The van der Waals surface area contributed by atoms with Gasteiger partial charge in [0.05, 0.1) is 11.8 Å². The van der Waals surface area contributed by atoms with E-state index in [2.05, 4.69) is 44.5 Å². The van der Waals surface area contributed by atoms with Crippen LogP contribution in [0.5, 0.6) is 0 Å². The van der Waals surface area contributed by atoms with E-state index in [9.17, 15) is 5.11 Å². The van der Waals surface area contributed by atoms with Crippen LogP contribution in [0.4, 0.5) is 17.5 Å². The zero-order valence-electron chi connectivity index (χ0n) is 13.7. The molecular weight excluding hydrogens is 302 g/mol. The highest BCUT2D eigenvalue weighted by atomic mass is 16.3. The van der Waals surface area contributed by atoms with Gasteiger partial charge >= 0.3 is 0 Å². The average molecular weight is 325 g/mol. The molecule has 2 heterocycles. The van der Waals surface area contributed by atoms with Crippen LogP contribution in [0.2, 0.25) is 0 Å². The van der Waals surface area contributed by atoms with E-state index in [0.717, 1.165) is 50.4 Å². The molecule has 1 aliphatic carbocycles. The molecule has 2 aromatic rings. The summed E-state index contributed by atoms with van der Waals surface area (Å²) in [7, 11) is 0. The summed E-state index contributed by atoms with van der Waals surface area (Å²) in [5.41, 5.74) is 9.53. The number of aromatic nitrogens is 2. The van der Waals surface area contributed by atoms with Gasteiger partial charge < -0.3 is 21.1 Å². The minimum Gasteiger partial charge on any atom is -0.393 e. The predicted octanol–water partition coefficient (Wildman–Crippen LogP) is 1.77. The molecule has 126 valence electrons. The van der Waals surface area contributed by atoms with Crippen molar-refractivity contribution in [3.05, 3.63) is 41.6 Å². The van der Waals surface area contributed by atoms with Crippen LogP contribution in [0.15, 0.2) is 30.3 Å². The molecule has 0 bridgehead atoms. The van der Waals surface area contributed by atoms with Gasteiger partial charge in [-0.2, -0.15) is 4.98 Å². The molecule has 4 N–H and O–H groups in total. The normalized spacial score (nSPS) is 22.1. The SMILES string of the molecule is Nc1nc(NCCN2CCc3ccccc32)cc(C2CC(O)C2)n1. The second-order valence-electron chi connectivity index (χ2n) is 6.65. The van der Waals surface area contributed by atoms with Gasteiger partial charge in [0.1, 0.15) is 5.82 Å². The van der Waals surface area contributed by atoms with Crippen molar-refractivity contribution in [3.8, 4) is 0 Å². The molecule has 1 aliphatic heterocycles. The van der Waals surface area contributed by atoms with Gasteiger partial charge in [-0.15, -0.1) is 0 Å². The molecule has 2 aliphatic rings. The topological polar surface area (TPSA) is 87.3 Å². The van der Waals surface area contributed by atoms with Crippen molar-refractivity contribution in [2.45, 2.75) is 31.3 Å². The Morgan fingerprint density at radius 2 is 2.08 bits per heavy atom. The number of para-hydroxylation sites is 1. The first kappa shape index (κ1) is 15.2. The van der Waals surface area contributed by atoms with E-state index in [-0.39, 0.29) is 6.10 Å². The maximum atomic E-state index is 9.47. The highest BCUT2D eigenvalue weighted by Crippen LogP contribution is 2.36. The summed E-state index contributed by atoms with van der Waals surface area (Å²) in [6.45, 7) is 2.80. The first-order chi connectivity index (χ1) is 11.7. The Bertz CT molecular complexity index is 729. The zero-order valence-corrected chi connectivity index (χ0v) is 13.7. The number of rotatable bonds is 5. The summed E-state index contributed by atoms with van der Waals surface area (Å²) in [6, 6.07) is 10.5. The third kappa shape index (κ3) is 3.01. The third-order valence-electron chi connectivity index (χ3n) is 4.97. The second kappa shape index (κ2) is 6.28. The van der Waals surface area contributed by atoms with E-state index in [0.29, 0.717) is 11.9 Å². The summed E-state index contributed by atoms with van der Waals surface area (Å²) in [4.78, 5) is 11.0. The highest BCUT2D eigenvalue weighted by molar-refractivity contribution is 5.58. The van der Waals surface area contributed by atoms with Gasteiger partial charge in [0.2, 0.25) is 5.95 Å². The quantitative estimate of drug-likeness (QED) is 0.777. The molecule has 4 rings (SSSR count). The fourth-order valence-corrected chi connectivity index (χ4v) is 3.57. The van der Waals surface area contributed by atoms with Crippen molar-refractivity contribution in [2.24, 2.45) is 0 Å². The molecule has 0 spiro atoms. The molecule has 0 amide bonds. The molecule has 6 heteroatoms. The number of aliphatic hydroxyl groups is 1. The minimum atomic E-state index is -0.196. The molecule has 0 unspecified atom stereocenters. The summed E-state index contributed by atoms with van der Waals surface area (Å²) in [6.07, 6.45) is 2.45. The number of nitrogen functional groups attached to an aromatic ring is 1. The van der Waals surface area contributed by atoms with Crippen molar-refractivity contribution in [1.82, 2.24) is 9.97 Å². The number of nitrogens with zero attached hydrogens (tertiary/aromatic N) is 3. The Hall–Kier alpha value is -2.34. The van der Waals surface area contributed by atoms with Gasteiger partial charge in [0.25, 0.3) is 0 Å². The van der Waals surface area contributed by atoms with Gasteiger partial charge in [-0.1, -0.05) is 18.2 Å². The van der Waals surface area contributed by atoms with E-state index in [1.54, 1.807) is 0 Å². The maximum Gasteiger partial charge on any atom is 0.222 e. The summed E-state index contributed by atoms with van der Waals surface area (Å²) in [5, 5.41) is 12.8. The summed E-state index contributed by atoms with van der Waals surface area (Å²) < 4.78 is 0. The van der Waals surface area contributed by atoms with Crippen molar-refractivity contribution in [1.29, 1.82) is 0 Å². The van der Waals surface area contributed by atoms with Gasteiger partial charge in [0.15, 0.2) is 0 Å². The number of benzene rings is 1. The van der Waals surface area contributed by atoms with Crippen molar-refractivity contribution in [2.75, 3.05) is 35.6 Å². The Labute approximate surface area is 141 Å². The predicted molar refractivity (Wildman–Crippen MR) is 95.3 cm³/mol. The Kier molecular flexibility index (Phi) is 3.98. The zero-order chi connectivity index (χ0) is 16.5. The van der Waals surface area contributed by atoms with Gasteiger partial charge in [-0.25, -0.2) is 4.98 Å². The van der Waals surface area contributed by atoms with E-state index < -0.39 is 0 Å². The lowest BCUT2D eigenvalue weighted by atomic mass is 9.80. The number of anilines is 3. The van der Waals surface area contributed by atoms with E-state index in [1.165, 1.54) is 11.3 Å². The Morgan fingerprint density at radius 3 is 2.92 bits per heavy atom. The molecule has 0 atom stereocenters. The Morgan fingerprint density at radius 1 is 1.25 bits per heavy atom. The van der Waals surface area contributed by atoms with Gasteiger partial charge in [0, 0.05) is 37.3 Å².